The van der Waals surface area contributed by atoms with Crippen molar-refractivity contribution in [2.75, 3.05) is 11.9 Å². The average molecular weight is 242 g/mol. The number of aromatic nitrogens is 3. The van der Waals surface area contributed by atoms with Gasteiger partial charge in [0.1, 0.15) is 0 Å². The molecule has 94 valence electrons. The van der Waals surface area contributed by atoms with Gasteiger partial charge < -0.3 is 5.32 Å². The Morgan fingerprint density at radius 2 is 2.22 bits per heavy atom. The second kappa shape index (κ2) is 3.46. The van der Waals surface area contributed by atoms with E-state index in [0.29, 0.717) is 5.41 Å². The van der Waals surface area contributed by atoms with Crippen LogP contribution in [0.5, 0.6) is 0 Å². The molecule has 18 heavy (non-hydrogen) atoms. The molecule has 0 spiro atoms. The molecule has 2 aromatic heterocycles. The summed E-state index contributed by atoms with van der Waals surface area (Å²) in [5.41, 5.74) is 2.71. The van der Waals surface area contributed by atoms with Crippen LogP contribution in [-0.4, -0.2) is 21.1 Å². The minimum absolute atomic E-state index is 0.591. The van der Waals surface area contributed by atoms with Crippen molar-refractivity contribution in [1.82, 2.24) is 14.6 Å². The molecule has 4 rings (SSSR count). The normalized spacial score (nSPS) is 21.2. The largest absolute Gasteiger partial charge is 0.352 e. The number of aryl methyl sites for hydroxylation is 1. The van der Waals surface area contributed by atoms with Gasteiger partial charge in [-0.05, 0) is 55.6 Å². The van der Waals surface area contributed by atoms with Crippen molar-refractivity contribution in [2.45, 2.75) is 32.6 Å². The van der Waals surface area contributed by atoms with Crippen LogP contribution in [0.1, 0.15) is 31.2 Å². The van der Waals surface area contributed by atoms with Crippen molar-refractivity contribution in [3.63, 3.8) is 0 Å². The molecular weight excluding hydrogens is 224 g/mol. The number of hydrogen-bond donors (Lipinski definition) is 1. The lowest BCUT2D eigenvalue weighted by molar-refractivity contribution is 0.465. The molecule has 1 N–H and O–H groups in total. The summed E-state index contributed by atoms with van der Waals surface area (Å²) in [6, 6.07) is 4.08. The Morgan fingerprint density at radius 1 is 1.39 bits per heavy atom. The molecule has 0 aliphatic heterocycles. The maximum absolute atomic E-state index is 4.51. The van der Waals surface area contributed by atoms with Crippen molar-refractivity contribution < 1.29 is 0 Å². The predicted molar refractivity (Wildman–Crippen MR) is 70.6 cm³/mol. The van der Waals surface area contributed by atoms with Crippen LogP contribution in [0, 0.1) is 18.3 Å². The van der Waals surface area contributed by atoms with Gasteiger partial charge in [0.2, 0.25) is 5.95 Å². The highest BCUT2D eigenvalue weighted by molar-refractivity contribution is 5.44. The second-order valence-corrected chi connectivity index (χ2v) is 5.93. The molecule has 0 bridgehead atoms. The lowest BCUT2D eigenvalue weighted by Gasteiger charge is -2.13. The van der Waals surface area contributed by atoms with E-state index < -0.39 is 0 Å². The monoisotopic (exact) mass is 242 g/mol. The second-order valence-electron chi connectivity index (χ2n) is 5.93. The lowest BCUT2D eigenvalue weighted by Crippen LogP contribution is -2.18. The van der Waals surface area contributed by atoms with Crippen molar-refractivity contribution in [1.29, 1.82) is 0 Å². The number of pyridine rings is 1. The zero-order valence-corrected chi connectivity index (χ0v) is 10.7. The van der Waals surface area contributed by atoms with Crippen molar-refractivity contribution in [3.05, 3.63) is 23.9 Å². The fraction of sp³-hybridized carbons (Fsp3) is 0.571. The van der Waals surface area contributed by atoms with E-state index >= 15 is 0 Å². The molecular formula is C14H18N4. The van der Waals surface area contributed by atoms with E-state index in [2.05, 4.69) is 28.4 Å². The summed E-state index contributed by atoms with van der Waals surface area (Å²) in [6.45, 7) is 3.12. The van der Waals surface area contributed by atoms with E-state index in [1.54, 1.807) is 0 Å². The fourth-order valence-corrected chi connectivity index (χ4v) is 2.90. The van der Waals surface area contributed by atoms with Gasteiger partial charge in [-0.2, -0.15) is 4.98 Å². The number of nitrogens with one attached hydrogen (secondary N) is 1. The maximum atomic E-state index is 4.51. The molecule has 2 fully saturated rings. The SMILES string of the molecule is Cc1ccc2nc(NCC3(C4CC4)CC3)nn2c1. The number of anilines is 1. The Bertz CT molecular complexity index is 593. The number of hydrogen-bond acceptors (Lipinski definition) is 3. The van der Waals surface area contributed by atoms with Crippen LogP contribution >= 0.6 is 0 Å². The van der Waals surface area contributed by atoms with Crippen molar-refractivity contribution in [3.8, 4) is 0 Å². The van der Waals surface area contributed by atoms with E-state index in [1.807, 2.05) is 16.8 Å². The third kappa shape index (κ3) is 1.67. The van der Waals surface area contributed by atoms with Crippen LogP contribution in [0.3, 0.4) is 0 Å². The smallest absolute Gasteiger partial charge is 0.243 e. The first-order valence-electron chi connectivity index (χ1n) is 6.82. The predicted octanol–water partition coefficient (Wildman–Crippen LogP) is 2.64. The molecule has 0 atom stereocenters. The molecule has 0 aromatic carbocycles. The van der Waals surface area contributed by atoms with Crippen LogP contribution in [0.15, 0.2) is 18.3 Å². The first-order valence-corrected chi connectivity index (χ1v) is 6.82. The highest BCUT2D eigenvalue weighted by Gasteiger charge is 2.53. The van der Waals surface area contributed by atoms with E-state index in [4.69, 9.17) is 0 Å². The van der Waals surface area contributed by atoms with Crippen LogP contribution in [-0.2, 0) is 0 Å². The summed E-state index contributed by atoms with van der Waals surface area (Å²) < 4.78 is 1.86. The number of fused-ring (bicyclic) bond motifs is 1. The highest BCUT2D eigenvalue weighted by Crippen LogP contribution is 2.61. The molecule has 2 aliphatic carbocycles. The minimum atomic E-state index is 0.591. The molecule has 0 amide bonds. The van der Waals surface area contributed by atoms with Gasteiger partial charge >= 0.3 is 0 Å². The maximum Gasteiger partial charge on any atom is 0.243 e. The summed E-state index contributed by atoms with van der Waals surface area (Å²) in [7, 11) is 0. The molecule has 2 heterocycles. The summed E-state index contributed by atoms with van der Waals surface area (Å²) >= 11 is 0. The van der Waals surface area contributed by atoms with Crippen molar-refractivity contribution >= 4 is 11.6 Å². The third-order valence-electron chi connectivity index (χ3n) is 4.41. The van der Waals surface area contributed by atoms with Gasteiger partial charge in [-0.1, -0.05) is 6.07 Å². The first-order chi connectivity index (χ1) is 8.75. The molecule has 0 saturated heterocycles. The Kier molecular flexibility index (Phi) is 1.99. The molecule has 2 aromatic rings. The Labute approximate surface area is 106 Å². The topological polar surface area (TPSA) is 42.2 Å². The van der Waals surface area contributed by atoms with Gasteiger partial charge in [0.15, 0.2) is 5.65 Å². The third-order valence-corrected chi connectivity index (χ3v) is 4.41. The molecule has 2 aliphatic rings. The van der Waals surface area contributed by atoms with Gasteiger partial charge in [0.05, 0.1) is 0 Å². The van der Waals surface area contributed by atoms with Crippen LogP contribution < -0.4 is 5.32 Å². The zero-order valence-electron chi connectivity index (χ0n) is 10.7. The zero-order chi connectivity index (χ0) is 12.2. The van der Waals surface area contributed by atoms with E-state index in [0.717, 1.165) is 24.1 Å². The Hall–Kier alpha value is -1.58. The number of nitrogens with zero attached hydrogens (tertiary/aromatic N) is 3. The first kappa shape index (κ1) is 10.4. The molecule has 4 heteroatoms. The standard InChI is InChI=1S/C14H18N4/c1-10-2-5-12-16-13(17-18(12)8-10)15-9-14(6-7-14)11-3-4-11/h2,5,8,11H,3-4,6-7,9H2,1H3,(H,15,17). The van der Waals surface area contributed by atoms with Crippen LogP contribution in [0.25, 0.3) is 5.65 Å². The van der Waals surface area contributed by atoms with Crippen LogP contribution in [0.2, 0.25) is 0 Å². The van der Waals surface area contributed by atoms with E-state index in [1.165, 1.54) is 31.2 Å². The summed E-state index contributed by atoms with van der Waals surface area (Å²) in [6.07, 6.45) is 7.65. The molecule has 2 saturated carbocycles. The van der Waals surface area contributed by atoms with E-state index in [9.17, 15) is 0 Å². The van der Waals surface area contributed by atoms with Gasteiger partial charge in [-0.15, -0.1) is 5.10 Å². The quantitative estimate of drug-likeness (QED) is 0.896. The van der Waals surface area contributed by atoms with Gasteiger partial charge in [-0.25, -0.2) is 4.52 Å². The van der Waals surface area contributed by atoms with Crippen molar-refractivity contribution in [2.24, 2.45) is 11.3 Å². The van der Waals surface area contributed by atoms with Gasteiger partial charge in [0, 0.05) is 12.7 Å². The summed E-state index contributed by atoms with van der Waals surface area (Å²) in [5, 5.41) is 7.91. The number of rotatable bonds is 4. The van der Waals surface area contributed by atoms with E-state index in [-0.39, 0.29) is 0 Å². The summed E-state index contributed by atoms with van der Waals surface area (Å²) in [5.74, 6) is 1.75. The minimum Gasteiger partial charge on any atom is -0.352 e. The highest BCUT2D eigenvalue weighted by atomic mass is 15.3. The lowest BCUT2D eigenvalue weighted by atomic mass is 10.0. The molecule has 0 radical (unpaired) electrons. The summed E-state index contributed by atoms with van der Waals surface area (Å²) in [4.78, 5) is 4.51. The van der Waals surface area contributed by atoms with Gasteiger partial charge in [-0.3, -0.25) is 0 Å². The Balaban J connectivity index is 1.52. The average Bonchev–Trinajstić information content (AvgIpc) is 3.22. The molecule has 4 nitrogen and oxygen atoms in total. The van der Waals surface area contributed by atoms with Gasteiger partial charge in [0.25, 0.3) is 0 Å². The van der Waals surface area contributed by atoms with Crippen LogP contribution in [0.4, 0.5) is 5.95 Å². The molecule has 0 unspecified atom stereocenters. The fourth-order valence-electron chi connectivity index (χ4n) is 2.90. The Morgan fingerprint density at radius 3 is 2.94 bits per heavy atom.